The first-order valence-electron chi connectivity index (χ1n) is 9.46. The van der Waals surface area contributed by atoms with Gasteiger partial charge in [-0.1, -0.05) is 30.3 Å². The standard InChI is InChI=1S/C23H22N4O2/c1-15-21-14-25-27(20-11-9-18(10-12-20)13-24-17(3)28)23(29)22(21)16(2)26(15)19-7-5-4-6-8-19/h4-12,14H,13H2,1-3H3,(H,24,28). The van der Waals surface area contributed by atoms with Crippen LogP contribution >= 0.6 is 0 Å². The van der Waals surface area contributed by atoms with Crippen LogP contribution in [0.1, 0.15) is 23.9 Å². The number of hydrogen-bond donors (Lipinski definition) is 1. The molecule has 0 unspecified atom stereocenters. The lowest BCUT2D eigenvalue weighted by molar-refractivity contribution is -0.119. The quantitative estimate of drug-likeness (QED) is 0.584. The van der Waals surface area contributed by atoms with Crippen molar-refractivity contribution in [3.63, 3.8) is 0 Å². The molecular weight excluding hydrogens is 364 g/mol. The van der Waals surface area contributed by atoms with Gasteiger partial charge in [-0.25, -0.2) is 0 Å². The lowest BCUT2D eigenvalue weighted by Gasteiger charge is -2.08. The van der Waals surface area contributed by atoms with E-state index in [0.717, 1.165) is 28.0 Å². The van der Waals surface area contributed by atoms with Crippen LogP contribution in [0, 0.1) is 13.8 Å². The highest BCUT2D eigenvalue weighted by atomic mass is 16.1. The van der Waals surface area contributed by atoms with Crippen LogP contribution in [-0.4, -0.2) is 20.3 Å². The molecule has 1 N–H and O–H groups in total. The highest BCUT2D eigenvalue weighted by molar-refractivity contribution is 5.88. The van der Waals surface area contributed by atoms with Gasteiger partial charge in [-0.05, 0) is 43.7 Å². The van der Waals surface area contributed by atoms with Gasteiger partial charge in [0.1, 0.15) is 0 Å². The maximum absolute atomic E-state index is 13.3. The molecule has 146 valence electrons. The predicted molar refractivity (Wildman–Crippen MR) is 114 cm³/mol. The highest BCUT2D eigenvalue weighted by Gasteiger charge is 2.17. The fourth-order valence-corrected chi connectivity index (χ4v) is 3.69. The maximum atomic E-state index is 13.3. The Balaban J connectivity index is 1.80. The molecule has 0 saturated heterocycles. The molecule has 0 aliphatic carbocycles. The molecular formula is C23H22N4O2. The summed E-state index contributed by atoms with van der Waals surface area (Å²) in [5.41, 5.74) is 4.41. The second kappa shape index (κ2) is 7.39. The molecule has 6 nitrogen and oxygen atoms in total. The summed E-state index contributed by atoms with van der Waals surface area (Å²) in [6.45, 7) is 5.91. The number of benzene rings is 2. The van der Waals surface area contributed by atoms with Crippen LogP contribution in [0.5, 0.6) is 0 Å². The highest BCUT2D eigenvalue weighted by Crippen LogP contribution is 2.26. The zero-order valence-corrected chi connectivity index (χ0v) is 16.6. The molecule has 0 atom stereocenters. The minimum atomic E-state index is -0.146. The molecule has 4 aromatic rings. The van der Waals surface area contributed by atoms with Crippen LogP contribution in [0.3, 0.4) is 0 Å². The fourth-order valence-electron chi connectivity index (χ4n) is 3.69. The van der Waals surface area contributed by atoms with Gasteiger partial charge in [-0.15, -0.1) is 0 Å². The van der Waals surface area contributed by atoms with Crippen LogP contribution in [-0.2, 0) is 11.3 Å². The van der Waals surface area contributed by atoms with Crippen molar-refractivity contribution in [2.75, 3.05) is 0 Å². The van der Waals surface area contributed by atoms with Crippen LogP contribution in [0.25, 0.3) is 22.1 Å². The van der Waals surface area contributed by atoms with Crippen molar-refractivity contribution in [1.82, 2.24) is 19.7 Å². The molecule has 0 bridgehead atoms. The van der Waals surface area contributed by atoms with Crippen LogP contribution < -0.4 is 10.9 Å². The number of fused-ring (bicyclic) bond motifs is 1. The average Bonchev–Trinajstić information content (AvgIpc) is 2.98. The molecule has 0 fully saturated rings. The number of aryl methyl sites for hydroxylation is 2. The Morgan fingerprint density at radius 1 is 0.966 bits per heavy atom. The largest absolute Gasteiger partial charge is 0.352 e. The number of para-hydroxylation sites is 1. The van der Waals surface area contributed by atoms with Crippen molar-refractivity contribution in [3.05, 3.63) is 88.1 Å². The number of carbonyl (C=O) groups excluding carboxylic acids is 1. The Morgan fingerprint density at radius 2 is 1.66 bits per heavy atom. The molecule has 4 rings (SSSR count). The molecule has 2 heterocycles. The Hall–Kier alpha value is -3.67. The third-order valence-electron chi connectivity index (χ3n) is 5.14. The van der Waals surface area contributed by atoms with E-state index in [4.69, 9.17) is 0 Å². The van der Waals surface area contributed by atoms with Crippen molar-refractivity contribution < 1.29 is 4.79 Å². The van der Waals surface area contributed by atoms with Crippen LogP contribution in [0.2, 0.25) is 0 Å². The van der Waals surface area contributed by atoms with E-state index in [-0.39, 0.29) is 11.5 Å². The Kier molecular flexibility index (Phi) is 4.76. The van der Waals surface area contributed by atoms with Gasteiger partial charge in [-0.3, -0.25) is 9.59 Å². The summed E-state index contributed by atoms with van der Waals surface area (Å²) in [7, 11) is 0. The molecule has 2 aromatic heterocycles. The number of rotatable bonds is 4. The summed E-state index contributed by atoms with van der Waals surface area (Å²) >= 11 is 0. The SMILES string of the molecule is CC(=O)NCc1ccc(-n2ncc3c(C)n(-c4ccccc4)c(C)c3c2=O)cc1. The number of hydrogen-bond acceptors (Lipinski definition) is 3. The van der Waals surface area contributed by atoms with Crippen LogP contribution in [0.4, 0.5) is 0 Å². The van der Waals surface area contributed by atoms with Gasteiger partial charge in [0.05, 0.1) is 17.3 Å². The fraction of sp³-hybridized carbons (Fsp3) is 0.174. The van der Waals surface area contributed by atoms with E-state index in [1.54, 1.807) is 6.20 Å². The monoisotopic (exact) mass is 386 g/mol. The molecule has 29 heavy (non-hydrogen) atoms. The third kappa shape index (κ3) is 3.33. The van der Waals surface area contributed by atoms with Crippen molar-refractivity contribution in [2.45, 2.75) is 27.3 Å². The number of nitrogens with one attached hydrogen (secondary N) is 1. The average molecular weight is 386 g/mol. The van der Waals surface area contributed by atoms with E-state index < -0.39 is 0 Å². The molecule has 0 aliphatic heterocycles. The van der Waals surface area contributed by atoms with Crippen molar-refractivity contribution in [1.29, 1.82) is 0 Å². The first-order valence-corrected chi connectivity index (χ1v) is 9.46. The minimum absolute atomic E-state index is 0.0776. The Bertz CT molecular complexity index is 1250. The predicted octanol–water partition coefficient (Wildman–Crippen LogP) is 3.43. The Labute approximate surface area is 168 Å². The van der Waals surface area contributed by atoms with E-state index in [0.29, 0.717) is 17.6 Å². The topological polar surface area (TPSA) is 68.9 Å². The molecule has 0 spiro atoms. The molecule has 0 aliphatic rings. The lowest BCUT2D eigenvalue weighted by atomic mass is 10.2. The zero-order valence-electron chi connectivity index (χ0n) is 16.6. The zero-order chi connectivity index (χ0) is 20.5. The first-order chi connectivity index (χ1) is 14.0. The second-order valence-electron chi connectivity index (χ2n) is 7.07. The van der Waals surface area contributed by atoms with E-state index in [1.807, 2.05) is 68.4 Å². The lowest BCUT2D eigenvalue weighted by Crippen LogP contribution is -2.21. The third-order valence-corrected chi connectivity index (χ3v) is 5.14. The van der Waals surface area contributed by atoms with Crippen molar-refractivity contribution in [3.8, 4) is 11.4 Å². The smallest absolute Gasteiger partial charge is 0.281 e. The summed E-state index contributed by atoms with van der Waals surface area (Å²) in [6, 6.07) is 17.4. The van der Waals surface area contributed by atoms with Crippen molar-refractivity contribution >= 4 is 16.7 Å². The Morgan fingerprint density at radius 3 is 2.31 bits per heavy atom. The van der Waals surface area contributed by atoms with Gasteiger partial charge in [-0.2, -0.15) is 9.78 Å². The van der Waals surface area contributed by atoms with Gasteiger partial charge in [0.25, 0.3) is 5.56 Å². The van der Waals surface area contributed by atoms with Crippen LogP contribution in [0.15, 0.2) is 65.6 Å². The second-order valence-corrected chi connectivity index (χ2v) is 7.07. The van der Waals surface area contributed by atoms with E-state index in [2.05, 4.69) is 15.0 Å². The van der Waals surface area contributed by atoms with E-state index in [9.17, 15) is 9.59 Å². The van der Waals surface area contributed by atoms with Gasteiger partial charge in [0.2, 0.25) is 5.91 Å². The van der Waals surface area contributed by atoms with Gasteiger partial charge in [0, 0.05) is 35.9 Å². The summed E-state index contributed by atoms with van der Waals surface area (Å²) < 4.78 is 3.51. The summed E-state index contributed by atoms with van der Waals surface area (Å²) in [5.74, 6) is -0.0776. The number of amides is 1. The summed E-state index contributed by atoms with van der Waals surface area (Å²) in [5, 5.41) is 8.70. The first kappa shape index (κ1) is 18.7. The van der Waals surface area contributed by atoms with E-state index in [1.165, 1.54) is 11.6 Å². The van der Waals surface area contributed by atoms with Crippen molar-refractivity contribution in [2.24, 2.45) is 0 Å². The summed E-state index contributed by atoms with van der Waals surface area (Å²) in [4.78, 5) is 24.3. The molecule has 2 aromatic carbocycles. The normalized spacial score (nSPS) is 11.0. The van der Waals surface area contributed by atoms with E-state index >= 15 is 0 Å². The van der Waals surface area contributed by atoms with Gasteiger partial charge >= 0.3 is 0 Å². The molecule has 1 amide bonds. The number of nitrogens with zero attached hydrogens (tertiary/aromatic N) is 3. The molecule has 0 saturated carbocycles. The number of carbonyl (C=O) groups is 1. The minimum Gasteiger partial charge on any atom is -0.352 e. The molecule has 0 radical (unpaired) electrons. The maximum Gasteiger partial charge on any atom is 0.281 e. The van der Waals surface area contributed by atoms with Gasteiger partial charge < -0.3 is 9.88 Å². The molecule has 6 heteroatoms. The van der Waals surface area contributed by atoms with Gasteiger partial charge in [0.15, 0.2) is 0 Å². The summed E-state index contributed by atoms with van der Waals surface area (Å²) in [6.07, 6.45) is 1.75. The number of aromatic nitrogens is 3.